The first-order valence-electron chi connectivity index (χ1n) is 11.6. The standard InChI is InChI=1S/C26H35N3O3/c1-6-19(2)29(25(31)32-26(3,4)5)23-21(15-12-17-27-23)22-16-10-11-18-28(22)24(30)20-13-8-7-9-14-20/h7-9,12-15,17,19,22H,6,10-11,16,18H2,1-5H3. The molecule has 0 spiro atoms. The van der Waals surface area contributed by atoms with Gasteiger partial charge in [-0.25, -0.2) is 9.78 Å². The van der Waals surface area contributed by atoms with E-state index in [1.165, 1.54) is 0 Å². The molecule has 6 heteroatoms. The zero-order valence-electron chi connectivity index (χ0n) is 19.9. The Labute approximate surface area is 191 Å². The van der Waals surface area contributed by atoms with E-state index in [0.717, 1.165) is 31.2 Å². The molecule has 6 nitrogen and oxygen atoms in total. The number of piperidine rings is 1. The summed E-state index contributed by atoms with van der Waals surface area (Å²) in [5, 5.41) is 0. The highest BCUT2D eigenvalue weighted by Crippen LogP contribution is 2.37. The van der Waals surface area contributed by atoms with Crippen LogP contribution in [0.1, 0.15) is 82.3 Å². The second kappa shape index (κ2) is 10.2. The summed E-state index contributed by atoms with van der Waals surface area (Å²) < 4.78 is 5.73. The normalized spacial score (nSPS) is 17.5. The van der Waals surface area contributed by atoms with Crippen LogP contribution in [0, 0.1) is 0 Å². The largest absolute Gasteiger partial charge is 0.443 e. The predicted octanol–water partition coefficient (Wildman–Crippen LogP) is 5.99. The van der Waals surface area contributed by atoms with Crippen LogP contribution in [0.2, 0.25) is 0 Å². The number of carbonyl (C=O) groups is 2. The summed E-state index contributed by atoms with van der Waals surface area (Å²) in [5.74, 6) is 0.589. The molecule has 1 aliphatic heterocycles. The average Bonchev–Trinajstić information content (AvgIpc) is 2.78. The maximum atomic E-state index is 13.4. The number of nitrogens with zero attached hydrogens (tertiary/aromatic N) is 3. The summed E-state index contributed by atoms with van der Waals surface area (Å²) >= 11 is 0. The van der Waals surface area contributed by atoms with Crippen molar-refractivity contribution in [3.63, 3.8) is 0 Å². The molecule has 0 radical (unpaired) electrons. The third-order valence-electron chi connectivity index (χ3n) is 5.81. The first kappa shape index (κ1) is 23.8. The van der Waals surface area contributed by atoms with Crippen LogP contribution in [0.5, 0.6) is 0 Å². The molecule has 1 aliphatic rings. The molecule has 0 aliphatic carbocycles. The molecule has 2 aromatic rings. The Bertz CT molecular complexity index is 923. The van der Waals surface area contributed by atoms with Gasteiger partial charge in [0.05, 0.1) is 6.04 Å². The summed E-state index contributed by atoms with van der Waals surface area (Å²) in [6, 6.07) is 13.0. The summed E-state index contributed by atoms with van der Waals surface area (Å²) in [6.45, 7) is 10.3. The number of likely N-dealkylation sites (tertiary alicyclic amines) is 1. The van der Waals surface area contributed by atoms with Crippen molar-refractivity contribution in [1.29, 1.82) is 0 Å². The van der Waals surface area contributed by atoms with E-state index >= 15 is 0 Å². The van der Waals surface area contributed by atoms with Crippen molar-refractivity contribution < 1.29 is 14.3 Å². The molecule has 0 N–H and O–H groups in total. The van der Waals surface area contributed by atoms with Crippen LogP contribution < -0.4 is 4.90 Å². The lowest BCUT2D eigenvalue weighted by atomic mass is 9.94. The van der Waals surface area contributed by atoms with Gasteiger partial charge >= 0.3 is 6.09 Å². The van der Waals surface area contributed by atoms with Crippen molar-refractivity contribution in [3.05, 3.63) is 59.8 Å². The van der Waals surface area contributed by atoms with Crippen LogP contribution in [0.3, 0.4) is 0 Å². The van der Waals surface area contributed by atoms with Crippen LogP contribution >= 0.6 is 0 Å². The molecular weight excluding hydrogens is 402 g/mol. The average molecular weight is 438 g/mol. The lowest BCUT2D eigenvalue weighted by Crippen LogP contribution is -2.44. The SMILES string of the molecule is CCC(C)N(C(=O)OC(C)(C)C)c1ncccc1C1CCCCN1C(=O)c1ccccc1. The van der Waals surface area contributed by atoms with Gasteiger partial charge in [0.15, 0.2) is 0 Å². The molecule has 2 unspecified atom stereocenters. The minimum Gasteiger partial charge on any atom is -0.443 e. The highest BCUT2D eigenvalue weighted by Gasteiger charge is 2.35. The monoisotopic (exact) mass is 437 g/mol. The molecule has 1 fully saturated rings. The van der Waals surface area contributed by atoms with E-state index in [1.807, 2.05) is 82.0 Å². The fourth-order valence-electron chi connectivity index (χ4n) is 4.08. The minimum atomic E-state index is -0.613. The number of pyridine rings is 1. The fourth-order valence-corrected chi connectivity index (χ4v) is 4.08. The van der Waals surface area contributed by atoms with Crippen molar-refractivity contribution in [3.8, 4) is 0 Å². The number of ether oxygens (including phenoxy) is 1. The molecule has 1 aromatic heterocycles. The van der Waals surface area contributed by atoms with Gasteiger partial charge in [-0.05, 0) is 71.6 Å². The zero-order chi connectivity index (χ0) is 23.3. The molecule has 3 rings (SSSR count). The lowest BCUT2D eigenvalue weighted by Gasteiger charge is -2.39. The van der Waals surface area contributed by atoms with Gasteiger partial charge in [0.1, 0.15) is 11.4 Å². The van der Waals surface area contributed by atoms with Gasteiger partial charge in [-0.15, -0.1) is 0 Å². The summed E-state index contributed by atoms with van der Waals surface area (Å²) in [6.07, 6.45) is 4.86. The van der Waals surface area contributed by atoms with E-state index < -0.39 is 11.7 Å². The number of aromatic nitrogens is 1. The molecule has 32 heavy (non-hydrogen) atoms. The number of carbonyl (C=O) groups excluding carboxylic acids is 2. The second-order valence-electron chi connectivity index (χ2n) is 9.40. The summed E-state index contributed by atoms with van der Waals surface area (Å²) in [7, 11) is 0. The van der Waals surface area contributed by atoms with Crippen LogP contribution in [-0.2, 0) is 4.74 Å². The predicted molar refractivity (Wildman–Crippen MR) is 127 cm³/mol. The van der Waals surface area contributed by atoms with E-state index in [4.69, 9.17) is 4.74 Å². The number of benzene rings is 1. The number of amides is 2. The Morgan fingerprint density at radius 3 is 2.53 bits per heavy atom. The van der Waals surface area contributed by atoms with Gasteiger partial charge in [-0.2, -0.15) is 0 Å². The first-order valence-corrected chi connectivity index (χ1v) is 11.6. The Hall–Kier alpha value is -2.89. The second-order valence-corrected chi connectivity index (χ2v) is 9.40. The van der Waals surface area contributed by atoms with Crippen molar-refractivity contribution in [2.75, 3.05) is 11.4 Å². The topological polar surface area (TPSA) is 62.7 Å². The van der Waals surface area contributed by atoms with E-state index in [-0.39, 0.29) is 18.0 Å². The van der Waals surface area contributed by atoms with Crippen molar-refractivity contribution in [1.82, 2.24) is 9.88 Å². The van der Waals surface area contributed by atoms with E-state index in [2.05, 4.69) is 4.98 Å². The van der Waals surface area contributed by atoms with Gasteiger partial charge in [-0.3, -0.25) is 9.69 Å². The van der Waals surface area contributed by atoms with Crippen molar-refractivity contribution in [2.45, 2.75) is 78.0 Å². The summed E-state index contributed by atoms with van der Waals surface area (Å²) in [4.78, 5) is 34.8. The molecule has 1 aromatic carbocycles. The van der Waals surface area contributed by atoms with Crippen LogP contribution in [0.4, 0.5) is 10.6 Å². The highest BCUT2D eigenvalue weighted by atomic mass is 16.6. The number of hydrogen-bond acceptors (Lipinski definition) is 4. The molecule has 2 amide bonds. The maximum Gasteiger partial charge on any atom is 0.416 e. The third-order valence-corrected chi connectivity index (χ3v) is 5.81. The van der Waals surface area contributed by atoms with Gasteiger partial charge in [0.2, 0.25) is 0 Å². The molecule has 2 atom stereocenters. The third kappa shape index (κ3) is 5.47. The number of rotatable bonds is 5. The Kier molecular flexibility index (Phi) is 7.54. The Morgan fingerprint density at radius 1 is 1.16 bits per heavy atom. The zero-order valence-corrected chi connectivity index (χ0v) is 19.9. The van der Waals surface area contributed by atoms with Crippen LogP contribution in [0.25, 0.3) is 0 Å². The van der Waals surface area contributed by atoms with E-state index in [1.54, 1.807) is 11.1 Å². The van der Waals surface area contributed by atoms with Crippen molar-refractivity contribution >= 4 is 17.8 Å². The first-order chi connectivity index (χ1) is 15.2. The number of anilines is 1. The molecule has 0 saturated carbocycles. The Morgan fingerprint density at radius 2 is 1.88 bits per heavy atom. The molecule has 2 heterocycles. The van der Waals surface area contributed by atoms with Crippen LogP contribution in [0.15, 0.2) is 48.7 Å². The van der Waals surface area contributed by atoms with Gasteiger partial charge in [-0.1, -0.05) is 31.2 Å². The van der Waals surface area contributed by atoms with E-state index in [9.17, 15) is 9.59 Å². The molecule has 1 saturated heterocycles. The number of hydrogen-bond donors (Lipinski definition) is 0. The van der Waals surface area contributed by atoms with Gasteiger partial charge in [0.25, 0.3) is 5.91 Å². The minimum absolute atomic E-state index is 0.0115. The van der Waals surface area contributed by atoms with E-state index in [0.29, 0.717) is 17.9 Å². The Balaban J connectivity index is 2.02. The lowest BCUT2D eigenvalue weighted by molar-refractivity contribution is 0.0564. The quantitative estimate of drug-likeness (QED) is 0.576. The molecule has 0 bridgehead atoms. The molecular formula is C26H35N3O3. The van der Waals surface area contributed by atoms with Crippen molar-refractivity contribution in [2.24, 2.45) is 0 Å². The maximum absolute atomic E-state index is 13.4. The highest BCUT2D eigenvalue weighted by molar-refractivity contribution is 5.95. The fraction of sp³-hybridized carbons (Fsp3) is 0.500. The van der Waals surface area contributed by atoms with Crippen LogP contribution in [-0.4, -0.2) is 40.1 Å². The molecule has 172 valence electrons. The van der Waals surface area contributed by atoms with Gasteiger partial charge < -0.3 is 9.64 Å². The smallest absolute Gasteiger partial charge is 0.416 e. The van der Waals surface area contributed by atoms with Gasteiger partial charge in [0, 0.05) is 29.9 Å². The summed E-state index contributed by atoms with van der Waals surface area (Å²) in [5.41, 5.74) is 0.955.